The van der Waals surface area contributed by atoms with Gasteiger partial charge in [-0.25, -0.2) is 9.18 Å². The minimum atomic E-state index is -0.468. The van der Waals surface area contributed by atoms with Crippen LogP contribution in [-0.2, 0) is 6.61 Å². The molecule has 1 aliphatic rings. The molecule has 3 rings (SSSR count). The number of halogens is 1. The third kappa shape index (κ3) is 6.24. The number of urea groups is 1. The predicted molar refractivity (Wildman–Crippen MR) is 120 cm³/mol. The average Bonchev–Trinajstić information content (AvgIpc) is 2.81. The summed E-state index contributed by atoms with van der Waals surface area (Å²) in [6.07, 6.45) is 3.79. The second-order valence-corrected chi connectivity index (χ2v) is 7.07. The number of nitrogens with one attached hydrogen (secondary N) is 1. The molecule has 166 valence electrons. The Hall–Kier alpha value is -4.01. The van der Waals surface area contributed by atoms with Crippen molar-refractivity contribution in [3.05, 3.63) is 77.6 Å². The molecule has 32 heavy (non-hydrogen) atoms. The smallest absolute Gasteiger partial charge is 0.345 e. The number of amidine groups is 1. The van der Waals surface area contributed by atoms with Crippen LogP contribution in [0.5, 0.6) is 5.75 Å². The summed E-state index contributed by atoms with van der Waals surface area (Å²) in [4.78, 5) is 31.9. The topological polar surface area (TPSA) is 112 Å². The number of nitrogens with two attached hydrogens (primary N) is 1. The van der Waals surface area contributed by atoms with Crippen LogP contribution in [0.2, 0.25) is 0 Å². The third-order valence-electron chi connectivity index (χ3n) is 4.82. The molecule has 0 aliphatic carbocycles. The van der Waals surface area contributed by atoms with E-state index < -0.39 is 6.03 Å². The molecule has 2 aromatic rings. The number of carbonyl (C=O) groups is 2. The number of carbonyl (C=O) groups excluding carboxylic acids is 2. The summed E-state index contributed by atoms with van der Waals surface area (Å²) < 4.78 is 18.9. The molecular formula is C23H24FN5O3. The summed E-state index contributed by atoms with van der Waals surface area (Å²) in [6, 6.07) is 12.5. The van der Waals surface area contributed by atoms with Gasteiger partial charge < -0.3 is 25.7 Å². The highest BCUT2D eigenvalue weighted by molar-refractivity contribution is 6.01. The second kappa shape index (κ2) is 10.9. The lowest BCUT2D eigenvalue weighted by atomic mass is 10.1. The molecule has 8 nitrogen and oxygen atoms in total. The number of amides is 3. The Kier molecular flexibility index (Phi) is 7.69. The molecule has 3 amide bonds. The molecule has 9 heteroatoms. The number of nitrogens with zero attached hydrogens (tertiary/aromatic N) is 3. The van der Waals surface area contributed by atoms with Crippen molar-refractivity contribution in [2.24, 2.45) is 10.7 Å². The van der Waals surface area contributed by atoms with Gasteiger partial charge in [0.2, 0.25) is 0 Å². The van der Waals surface area contributed by atoms with Crippen LogP contribution in [0, 0.1) is 11.2 Å². The van der Waals surface area contributed by atoms with Crippen molar-refractivity contribution in [3.63, 3.8) is 0 Å². The van der Waals surface area contributed by atoms with Crippen LogP contribution in [0.15, 0.2) is 65.7 Å². The number of aliphatic imine (C=N–C) groups is 1. The van der Waals surface area contributed by atoms with Gasteiger partial charge in [0, 0.05) is 38.0 Å². The van der Waals surface area contributed by atoms with Crippen LogP contribution < -0.4 is 10.5 Å². The first-order chi connectivity index (χ1) is 15.5. The number of piperazine rings is 1. The number of rotatable bonds is 6. The molecule has 0 spiro atoms. The highest BCUT2D eigenvalue weighted by Gasteiger charge is 2.24. The number of allylic oxidation sites excluding steroid dienone is 1. The minimum absolute atomic E-state index is 0.0247. The van der Waals surface area contributed by atoms with Crippen molar-refractivity contribution < 1.29 is 18.7 Å². The maximum absolute atomic E-state index is 13.2. The lowest BCUT2D eigenvalue weighted by Gasteiger charge is -2.33. The monoisotopic (exact) mass is 437 g/mol. The first-order valence-corrected chi connectivity index (χ1v) is 10.0. The summed E-state index contributed by atoms with van der Waals surface area (Å²) in [7, 11) is 0. The van der Waals surface area contributed by atoms with Crippen molar-refractivity contribution in [1.82, 2.24) is 9.80 Å². The van der Waals surface area contributed by atoms with E-state index in [-0.39, 0.29) is 24.2 Å². The summed E-state index contributed by atoms with van der Waals surface area (Å²) in [5, 5.41) is 6.91. The Balaban J connectivity index is 1.51. The third-order valence-corrected chi connectivity index (χ3v) is 4.82. The molecule has 0 aromatic heterocycles. The van der Waals surface area contributed by atoms with E-state index in [0.717, 1.165) is 11.8 Å². The Labute approximate surface area is 185 Å². The predicted octanol–water partition coefficient (Wildman–Crippen LogP) is 2.85. The van der Waals surface area contributed by atoms with E-state index in [9.17, 15) is 14.0 Å². The van der Waals surface area contributed by atoms with Crippen molar-refractivity contribution in [1.29, 1.82) is 5.41 Å². The summed E-state index contributed by atoms with van der Waals surface area (Å²) in [5.74, 6) is 0.153. The molecule has 1 fully saturated rings. The van der Waals surface area contributed by atoms with E-state index in [4.69, 9.17) is 15.9 Å². The van der Waals surface area contributed by atoms with Crippen LogP contribution >= 0.6 is 0 Å². The van der Waals surface area contributed by atoms with Crippen molar-refractivity contribution in [3.8, 4) is 5.75 Å². The molecule has 1 heterocycles. The average molecular weight is 437 g/mol. The Morgan fingerprint density at radius 1 is 1.09 bits per heavy atom. The Bertz CT molecular complexity index is 1030. The maximum Gasteiger partial charge on any atom is 0.345 e. The molecule has 0 atom stereocenters. The van der Waals surface area contributed by atoms with Gasteiger partial charge in [-0.15, -0.1) is 0 Å². The van der Waals surface area contributed by atoms with Crippen LogP contribution in [0.4, 0.5) is 9.18 Å². The number of ether oxygens (including phenoxy) is 1. The quantitative estimate of drug-likeness (QED) is 0.535. The second-order valence-electron chi connectivity index (χ2n) is 7.07. The Morgan fingerprint density at radius 2 is 1.78 bits per heavy atom. The molecule has 3 N–H and O–H groups in total. The molecule has 0 saturated carbocycles. The molecule has 2 aromatic carbocycles. The van der Waals surface area contributed by atoms with Crippen LogP contribution in [0.25, 0.3) is 0 Å². The fraction of sp³-hybridized carbons (Fsp3) is 0.217. The molecule has 1 aliphatic heterocycles. The summed E-state index contributed by atoms with van der Waals surface area (Å²) in [6.45, 7) is 1.70. The largest absolute Gasteiger partial charge is 0.489 e. The standard InChI is InChI=1S/C23H24FN5O3/c24-19-4-1-3-17(15-19)16-32-20-8-6-18(7-9-20)22(30)28-11-13-29(14-12-28)23(31)27-21(26)5-2-10-25/h1-10,15,25H,11-14,16H2,(H2,26,27,31)/b5-2-,25-10?. The molecular weight excluding hydrogens is 413 g/mol. The lowest BCUT2D eigenvalue weighted by Crippen LogP contribution is -2.50. The zero-order chi connectivity index (χ0) is 22.9. The van der Waals surface area contributed by atoms with Crippen molar-refractivity contribution in [2.45, 2.75) is 6.61 Å². The van der Waals surface area contributed by atoms with Gasteiger partial charge in [0.1, 0.15) is 24.0 Å². The zero-order valence-electron chi connectivity index (χ0n) is 17.4. The molecule has 0 unspecified atom stereocenters. The van der Waals surface area contributed by atoms with Gasteiger partial charge in [0.25, 0.3) is 5.91 Å². The van der Waals surface area contributed by atoms with Gasteiger partial charge in [-0.1, -0.05) is 12.1 Å². The van der Waals surface area contributed by atoms with E-state index in [1.54, 1.807) is 41.3 Å². The first kappa shape index (κ1) is 22.7. The normalized spacial score (nSPS) is 14.5. The highest BCUT2D eigenvalue weighted by atomic mass is 19.1. The Morgan fingerprint density at radius 3 is 2.44 bits per heavy atom. The van der Waals surface area contributed by atoms with E-state index in [1.165, 1.54) is 29.2 Å². The van der Waals surface area contributed by atoms with E-state index in [0.29, 0.717) is 37.5 Å². The molecule has 0 bridgehead atoms. The summed E-state index contributed by atoms with van der Waals surface area (Å²) in [5.41, 5.74) is 6.85. The van der Waals surface area contributed by atoms with E-state index >= 15 is 0 Å². The highest BCUT2D eigenvalue weighted by Crippen LogP contribution is 2.17. The van der Waals surface area contributed by atoms with Crippen molar-refractivity contribution >= 4 is 24.0 Å². The molecule has 1 saturated heterocycles. The number of hydrogen-bond donors (Lipinski definition) is 2. The van der Waals surface area contributed by atoms with Gasteiger partial charge in [-0.05, 0) is 54.1 Å². The fourth-order valence-electron chi connectivity index (χ4n) is 3.14. The van der Waals surface area contributed by atoms with Gasteiger partial charge in [0.05, 0.1) is 0 Å². The van der Waals surface area contributed by atoms with E-state index in [1.807, 2.05) is 0 Å². The van der Waals surface area contributed by atoms with Gasteiger partial charge >= 0.3 is 6.03 Å². The van der Waals surface area contributed by atoms with Crippen LogP contribution in [0.1, 0.15) is 15.9 Å². The fourth-order valence-corrected chi connectivity index (χ4v) is 3.14. The van der Waals surface area contributed by atoms with Crippen LogP contribution in [0.3, 0.4) is 0 Å². The van der Waals surface area contributed by atoms with Gasteiger partial charge in [-0.2, -0.15) is 4.99 Å². The SMILES string of the molecule is N=C/C=C\C(N)=N\C(=O)N1CCN(C(=O)c2ccc(OCc3cccc(F)c3)cc2)CC1. The van der Waals surface area contributed by atoms with E-state index in [2.05, 4.69) is 4.99 Å². The van der Waals surface area contributed by atoms with Crippen molar-refractivity contribution in [2.75, 3.05) is 26.2 Å². The van der Waals surface area contributed by atoms with Crippen LogP contribution in [-0.4, -0.2) is 60.0 Å². The number of benzene rings is 2. The number of hydrogen-bond acceptors (Lipinski definition) is 4. The zero-order valence-corrected chi connectivity index (χ0v) is 17.4. The first-order valence-electron chi connectivity index (χ1n) is 10.0. The minimum Gasteiger partial charge on any atom is -0.489 e. The van der Waals surface area contributed by atoms with Gasteiger partial charge in [0.15, 0.2) is 0 Å². The lowest BCUT2D eigenvalue weighted by molar-refractivity contribution is 0.0670. The summed E-state index contributed by atoms with van der Waals surface area (Å²) >= 11 is 0. The molecule has 0 radical (unpaired) electrons. The van der Waals surface area contributed by atoms with Gasteiger partial charge in [-0.3, -0.25) is 4.79 Å². The maximum atomic E-state index is 13.2.